The Hall–Kier alpha value is -1.35. The lowest BCUT2D eigenvalue weighted by atomic mass is 10.1. The molecule has 0 saturated carbocycles. The Balaban J connectivity index is 2.47. The summed E-state index contributed by atoms with van der Waals surface area (Å²) >= 11 is 0. The Morgan fingerprint density at radius 1 is 1.29 bits per heavy atom. The fraction of sp³-hybridized carbons (Fsp3) is 0.500. The fourth-order valence-corrected chi connectivity index (χ4v) is 1.67. The van der Waals surface area contributed by atoms with Gasteiger partial charge in [-0.25, -0.2) is 0 Å². The standard InChI is InChI=1S/C14H21NO2/c1-3-8-13(14(16)17-4-2)15-11-12-9-6-5-7-10-12/h5-7,9-10,13,15H,3-4,8,11H2,1-2H3. The molecule has 0 spiro atoms. The van der Waals surface area contributed by atoms with Crippen LogP contribution in [0.5, 0.6) is 0 Å². The van der Waals surface area contributed by atoms with E-state index in [1.807, 2.05) is 37.3 Å². The van der Waals surface area contributed by atoms with Gasteiger partial charge >= 0.3 is 5.97 Å². The average Bonchev–Trinajstić information content (AvgIpc) is 2.36. The highest BCUT2D eigenvalue weighted by Gasteiger charge is 2.17. The molecule has 1 atom stereocenters. The van der Waals surface area contributed by atoms with Crippen LogP contribution in [-0.4, -0.2) is 18.6 Å². The number of benzene rings is 1. The van der Waals surface area contributed by atoms with Crippen LogP contribution in [0.25, 0.3) is 0 Å². The first-order valence-electron chi connectivity index (χ1n) is 6.21. The Kier molecular flexibility index (Phi) is 6.33. The van der Waals surface area contributed by atoms with Crippen molar-refractivity contribution in [3.8, 4) is 0 Å². The van der Waals surface area contributed by atoms with Gasteiger partial charge < -0.3 is 10.1 Å². The van der Waals surface area contributed by atoms with Gasteiger partial charge in [-0.3, -0.25) is 4.79 Å². The summed E-state index contributed by atoms with van der Waals surface area (Å²) in [6, 6.07) is 9.87. The van der Waals surface area contributed by atoms with Crippen molar-refractivity contribution in [1.29, 1.82) is 0 Å². The molecule has 0 saturated heterocycles. The van der Waals surface area contributed by atoms with Gasteiger partial charge in [0.15, 0.2) is 0 Å². The zero-order valence-corrected chi connectivity index (χ0v) is 10.6. The lowest BCUT2D eigenvalue weighted by Crippen LogP contribution is -2.37. The van der Waals surface area contributed by atoms with Gasteiger partial charge in [-0.05, 0) is 18.9 Å². The average molecular weight is 235 g/mol. The minimum atomic E-state index is -0.194. The second-order valence-electron chi connectivity index (χ2n) is 3.96. The smallest absolute Gasteiger partial charge is 0.323 e. The third-order valence-corrected chi connectivity index (χ3v) is 2.54. The van der Waals surface area contributed by atoms with E-state index < -0.39 is 0 Å². The lowest BCUT2D eigenvalue weighted by molar-refractivity contribution is -0.145. The highest BCUT2D eigenvalue weighted by molar-refractivity contribution is 5.75. The van der Waals surface area contributed by atoms with Crippen LogP contribution in [0, 0.1) is 0 Å². The van der Waals surface area contributed by atoms with Crippen LogP contribution >= 0.6 is 0 Å². The maximum absolute atomic E-state index is 11.7. The Bertz CT molecular complexity index is 324. The highest BCUT2D eigenvalue weighted by atomic mass is 16.5. The van der Waals surface area contributed by atoms with Gasteiger partial charge in [-0.2, -0.15) is 0 Å². The molecule has 0 aliphatic carbocycles. The quantitative estimate of drug-likeness (QED) is 0.738. The first-order chi connectivity index (χ1) is 8.27. The van der Waals surface area contributed by atoms with Crippen molar-refractivity contribution in [3.05, 3.63) is 35.9 Å². The summed E-state index contributed by atoms with van der Waals surface area (Å²) in [4.78, 5) is 11.7. The van der Waals surface area contributed by atoms with Crippen LogP contribution in [-0.2, 0) is 16.1 Å². The van der Waals surface area contributed by atoms with Crippen LogP contribution < -0.4 is 5.32 Å². The molecule has 94 valence electrons. The van der Waals surface area contributed by atoms with E-state index in [9.17, 15) is 4.79 Å². The summed E-state index contributed by atoms with van der Waals surface area (Å²) in [5.74, 6) is -0.148. The topological polar surface area (TPSA) is 38.3 Å². The predicted molar refractivity (Wildman–Crippen MR) is 68.6 cm³/mol. The van der Waals surface area contributed by atoms with Gasteiger partial charge in [0.25, 0.3) is 0 Å². The summed E-state index contributed by atoms with van der Waals surface area (Å²) in [5.41, 5.74) is 1.18. The Morgan fingerprint density at radius 3 is 2.59 bits per heavy atom. The second-order valence-corrected chi connectivity index (χ2v) is 3.96. The summed E-state index contributed by atoms with van der Waals surface area (Å²) in [5, 5.41) is 3.25. The van der Waals surface area contributed by atoms with Gasteiger partial charge in [0.1, 0.15) is 6.04 Å². The van der Waals surface area contributed by atoms with Crippen LogP contribution in [0.1, 0.15) is 32.3 Å². The lowest BCUT2D eigenvalue weighted by Gasteiger charge is -2.16. The first-order valence-corrected chi connectivity index (χ1v) is 6.21. The van der Waals surface area contributed by atoms with Crippen LogP contribution in [0.3, 0.4) is 0 Å². The number of ether oxygens (including phenoxy) is 1. The van der Waals surface area contributed by atoms with Crippen LogP contribution in [0.2, 0.25) is 0 Å². The normalized spacial score (nSPS) is 12.1. The van der Waals surface area contributed by atoms with E-state index in [2.05, 4.69) is 12.2 Å². The van der Waals surface area contributed by atoms with Gasteiger partial charge in [-0.15, -0.1) is 0 Å². The summed E-state index contributed by atoms with van der Waals surface area (Å²) < 4.78 is 5.04. The van der Waals surface area contributed by atoms with Gasteiger partial charge in [0.05, 0.1) is 6.61 Å². The fourth-order valence-electron chi connectivity index (χ4n) is 1.67. The van der Waals surface area contributed by atoms with Gasteiger partial charge in [0, 0.05) is 6.54 Å². The van der Waals surface area contributed by atoms with Crippen molar-refractivity contribution in [2.45, 2.75) is 39.3 Å². The molecule has 0 aliphatic rings. The van der Waals surface area contributed by atoms with E-state index in [-0.39, 0.29) is 12.0 Å². The number of esters is 1. The molecule has 17 heavy (non-hydrogen) atoms. The van der Waals surface area contributed by atoms with E-state index in [1.165, 1.54) is 5.56 Å². The SMILES string of the molecule is CCCC(NCc1ccccc1)C(=O)OCC. The highest BCUT2D eigenvalue weighted by Crippen LogP contribution is 2.03. The number of carbonyl (C=O) groups excluding carboxylic acids is 1. The molecule has 1 aromatic rings. The molecule has 0 aliphatic heterocycles. The molecule has 1 aromatic carbocycles. The minimum Gasteiger partial charge on any atom is -0.465 e. The molecule has 3 nitrogen and oxygen atoms in total. The number of nitrogens with one attached hydrogen (secondary N) is 1. The van der Waals surface area contributed by atoms with E-state index in [4.69, 9.17) is 4.74 Å². The summed E-state index contributed by atoms with van der Waals surface area (Å²) in [6.45, 7) is 5.03. The van der Waals surface area contributed by atoms with Crippen molar-refractivity contribution in [2.75, 3.05) is 6.61 Å². The van der Waals surface area contributed by atoms with E-state index >= 15 is 0 Å². The van der Waals surface area contributed by atoms with Crippen molar-refractivity contribution < 1.29 is 9.53 Å². The third-order valence-electron chi connectivity index (χ3n) is 2.54. The van der Waals surface area contributed by atoms with Crippen molar-refractivity contribution >= 4 is 5.97 Å². The molecule has 1 unspecified atom stereocenters. The zero-order chi connectivity index (χ0) is 12.5. The van der Waals surface area contributed by atoms with E-state index in [0.717, 1.165) is 12.8 Å². The van der Waals surface area contributed by atoms with Crippen molar-refractivity contribution in [2.24, 2.45) is 0 Å². The second kappa shape index (κ2) is 7.85. The largest absolute Gasteiger partial charge is 0.465 e. The first kappa shape index (κ1) is 13.7. The summed E-state index contributed by atoms with van der Waals surface area (Å²) in [6.07, 6.45) is 1.77. The number of hydrogen-bond donors (Lipinski definition) is 1. The molecule has 0 fully saturated rings. The maximum atomic E-state index is 11.7. The molecule has 0 radical (unpaired) electrons. The Morgan fingerprint density at radius 2 is 2.00 bits per heavy atom. The molecule has 0 amide bonds. The van der Waals surface area contributed by atoms with Crippen LogP contribution in [0.4, 0.5) is 0 Å². The molecule has 0 heterocycles. The molecular weight excluding hydrogens is 214 g/mol. The molecule has 3 heteroatoms. The van der Waals surface area contributed by atoms with Crippen molar-refractivity contribution in [1.82, 2.24) is 5.32 Å². The predicted octanol–water partition coefficient (Wildman–Crippen LogP) is 2.51. The monoisotopic (exact) mass is 235 g/mol. The van der Waals surface area contributed by atoms with E-state index in [1.54, 1.807) is 0 Å². The zero-order valence-electron chi connectivity index (χ0n) is 10.6. The molecule has 0 aromatic heterocycles. The summed E-state index contributed by atoms with van der Waals surface area (Å²) in [7, 11) is 0. The van der Waals surface area contributed by atoms with E-state index in [0.29, 0.717) is 13.2 Å². The third kappa shape index (κ3) is 5.00. The molecular formula is C14H21NO2. The minimum absolute atomic E-state index is 0.148. The maximum Gasteiger partial charge on any atom is 0.323 e. The van der Waals surface area contributed by atoms with Crippen LogP contribution in [0.15, 0.2) is 30.3 Å². The Labute approximate surface area is 103 Å². The molecule has 1 N–H and O–H groups in total. The number of carbonyl (C=O) groups is 1. The van der Waals surface area contributed by atoms with Gasteiger partial charge in [0.2, 0.25) is 0 Å². The molecule has 1 rings (SSSR count). The van der Waals surface area contributed by atoms with Gasteiger partial charge in [-0.1, -0.05) is 43.7 Å². The number of rotatable bonds is 7. The number of hydrogen-bond acceptors (Lipinski definition) is 3. The molecule has 0 bridgehead atoms. The van der Waals surface area contributed by atoms with Crippen molar-refractivity contribution in [3.63, 3.8) is 0 Å².